The maximum atomic E-state index is 13.8. The Hall–Kier alpha value is -2.22. The SMILES string of the molecule is C=CCOS(=O)(=O)CP(=O)(Oc1ccccc1F)Oc1ccccc1F. The highest BCUT2D eigenvalue weighted by molar-refractivity contribution is 7.93. The highest BCUT2D eigenvalue weighted by Gasteiger charge is 2.37. The topological polar surface area (TPSA) is 78.9 Å². The monoisotopic (exact) mass is 404 g/mol. The van der Waals surface area contributed by atoms with Gasteiger partial charge in [-0.3, -0.25) is 4.18 Å². The van der Waals surface area contributed by atoms with Gasteiger partial charge >= 0.3 is 7.60 Å². The first-order valence-electron chi connectivity index (χ1n) is 7.20. The second-order valence-electron chi connectivity index (χ2n) is 4.91. The Morgan fingerprint density at radius 2 is 1.42 bits per heavy atom. The van der Waals surface area contributed by atoms with Crippen molar-refractivity contribution in [2.75, 3.05) is 12.1 Å². The molecule has 0 atom stereocenters. The molecule has 0 saturated carbocycles. The zero-order valence-electron chi connectivity index (χ0n) is 13.4. The predicted octanol–water partition coefficient (Wildman–Crippen LogP) is 4.11. The summed E-state index contributed by atoms with van der Waals surface area (Å²) >= 11 is 0. The minimum Gasteiger partial charge on any atom is -0.412 e. The molecule has 10 heteroatoms. The lowest BCUT2D eigenvalue weighted by atomic mass is 10.3. The average Bonchev–Trinajstić information content (AvgIpc) is 2.57. The van der Waals surface area contributed by atoms with Crippen molar-refractivity contribution in [1.82, 2.24) is 0 Å². The first-order valence-corrected chi connectivity index (χ1v) is 10.5. The van der Waals surface area contributed by atoms with Gasteiger partial charge in [0, 0.05) is 0 Å². The van der Waals surface area contributed by atoms with Crippen molar-refractivity contribution in [1.29, 1.82) is 0 Å². The van der Waals surface area contributed by atoms with E-state index in [0.717, 1.165) is 30.3 Å². The molecule has 0 amide bonds. The number of halogens is 2. The highest BCUT2D eigenvalue weighted by Crippen LogP contribution is 2.50. The number of benzene rings is 2. The summed E-state index contributed by atoms with van der Waals surface area (Å²) < 4.78 is 79.1. The van der Waals surface area contributed by atoms with E-state index in [9.17, 15) is 21.8 Å². The third kappa shape index (κ3) is 5.66. The minimum atomic E-state index is -4.61. The van der Waals surface area contributed by atoms with E-state index in [1.165, 1.54) is 24.3 Å². The van der Waals surface area contributed by atoms with Crippen LogP contribution in [0.4, 0.5) is 8.78 Å². The smallest absolute Gasteiger partial charge is 0.412 e. The molecule has 0 bridgehead atoms. The van der Waals surface area contributed by atoms with Gasteiger partial charge in [-0.1, -0.05) is 30.3 Å². The second kappa shape index (κ2) is 8.44. The Labute approximate surface area is 149 Å². The van der Waals surface area contributed by atoms with E-state index < -0.39 is 46.3 Å². The van der Waals surface area contributed by atoms with Crippen LogP contribution in [0.25, 0.3) is 0 Å². The molecule has 0 spiro atoms. The van der Waals surface area contributed by atoms with E-state index in [1.807, 2.05) is 0 Å². The Bertz CT molecular complexity index is 880. The van der Waals surface area contributed by atoms with Crippen LogP contribution in [0.2, 0.25) is 0 Å². The van der Waals surface area contributed by atoms with Crippen LogP contribution < -0.4 is 9.05 Å². The molecule has 2 aromatic carbocycles. The van der Waals surface area contributed by atoms with Crippen LogP contribution in [0.1, 0.15) is 0 Å². The van der Waals surface area contributed by atoms with E-state index in [-0.39, 0.29) is 6.61 Å². The van der Waals surface area contributed by atoms with Crippen LogP contribution in [-0.2, 0) is 18.9 Å². The van der Waals surface area contributed by atoms with Gasteiger partial charge in [0.15, 0.2) is 28.6 Å². The average molecular weight is 404 g/mol. The van der Waals surface area contributed by atoms with Gasteiger partial charge in [-0.05, 0) is 24.3 Å². The maximum absolute atomic E-state index is 13.8. The van der Waals surface area contributed by atoms with Gasteiger partial charge in [-0.2, -0.15) is 8.42 Å². The summed E-state index contributed by atoms with van der Waals surface area (Å²) in [6.07, 6.45) is 1.16. The number of para-hydroxylation sites is 2. The Morgan fingerprint density at radius 3 is 1.85 bits per heavy atom. The molecule has 2 aromatic rings. The van der Waals surface area contributed by atoms with Gasteiger partial charge < -0.3 is 9.05 Å². The van der Waals surface area contributed by atoms with Crippen LogP contribution in [0.15, 0.2) is 61.2 Å². The fraction of sp³-hybridized carbons (Fsp3) is 0.125. The van der Waals surface area contributed by atoms with Crippen molar-refractivity contribution in [3.63, 3.8) is 0 Å². The normalized spacial score (nSPS) is 11.8. The molecular formula is C16H15F2O6PS. The van der Waals surface area contributed by atoms with E-state index in [1.54, 1.807) is 0 Å². The third-order valence-electron chi connectivity index (χ3n) is 2.83. The zero-order valence-corrected chi connectivity index (χ0v) is 15.1. The summed E-state index contributed by atoms with van der Waals surface area (Å²) in [5.41, 5.74) is -1.25. The number of hydrogen-bond acceptors (Lipinski definition) is 6. The fourth-order valence-corrected chi connectivity index (χ4v) is 5.30. The highest BCUT2D eigenvalue weighted by atomic mass is 32.2. The summed E-state index contributed by atoms with van der Waals surface area (Å²) in [4.78, 5) is 0. The summed E-state index contributed by atoms with van der Waals surface area (Å²) in [5, 5.41) is 0. The molecule has 0 unspecified atom stereocenters. The minimum absolute atomic E-state index is 0.373. The van der Waals surface area contributed by atoms with Gasteiger partial charge in [-0.15, -0.1) is 6.58 Å². The molecule has 0 saturated heterocycles. The van der Waals surface area contributed by atoms with Gasteiger partial charge in [0.25, 0.3) is 10.1 Å². The molecule has 6 nitrogen and oxygen atoms in total. The van der Waals surface area contributed by atoms with E-state index in [0.29, 0.717) is 0 Å². The summed E-state index contributed by atoms with van der Waals surface area (Å²) in [5.74, 6) is -2.80. The summed E-state index contributed by atoms with van der Waals surface area (Å²) in [6.45, 7) is 2.93. The molecule has 0 radical (unpaired) electrons. The molecule has 0 aliphatic rings. The molecule has 0 aliphatic heterocycles. The first-order chi connectivity index (χ1) is 12.2. The van der Waals surface area contributed by atoms with Gasteiger partial charge in [-0.25, -0.2) is 13.3 Å². The molecule has 26 heavy (non-hydrogen) atoms. The fourth-order valence-electron chi connectivity index (χ4n) is 1.79. The quantitative estimate of drug-likeness (QED) is 0.356. The Kier molecular flexibility index (Phi) is 6.52. The van der Waals surface area contributed by atoms with Crippen LogP contribution >= 0.6 is 7.60 Å². The van der Waals surface area contributed by atoms with Gasteiger partial charge in [0.1, 0.15) is 0 Å². The van der Waals surface area contributed by atoms with Gasteiger partial charge in [0.05, 0.1) is 6.61 Å². The summed E-state index contributed by atoms with van der Waals surface area (Å²) in [7, 11) is -9.00. The van der Waals surface area contributed by atoms with Crippen molar-refractivity contribution in [2.24, 2.45) is 0 Å². The zero-order chi connectivity index (χ0) is 19.2. The lowest BCUT2D eigenvalue weighted by molar-refractivity contribution is 0.349. The molecular weight excluding hydrogens is 389 g/mol. The molecule has 0 aliphatic carbocycles. The molecule has 0 fully saturated rings. The van der Waals surface area contributed by atoms with Crippen molar-refractivity contribution < 1.29 is 35.0 Å². The molecule has 0 heterocycles. The maximum Gasteiger partial charge on any atom is 0.448 e. The Morgan fingerprint density at radius 1 is 0.962 bits per heavy atom. The van der Waals surface area contributed by atoms with Crippen molar-refractivity contribution in [2.45, 2.75) is 0 Å². The molecule has 0 N–H and O–H groups in total. The first kappa shape index (κ1) is 20.1. The van der Waals surface area contributed by atoms with Crippen molar-refractivity contribution >= 4 is 17.7 Å². The standard InChI is InChI=1S/C16H15F2O6PS/c1-2-11-22-26(20,21)12-25(19,23-15-9-5-3-7-13(15)17)24-16-10-6-4-8-14(16)18/h2-10H,1,11-12H2. The van der Waals surface area contributed by atoms with E-state index in [4.69, 9.17) is 9.05 Å². The van der Waals surface area contributed by atoms with Crippen molar-refractivity contribution in [3.8, 4) is 11.5 Å². The largest absolute Gasteiger partial charge is 0.448 e. The van der Waals surface area contributed by atoms with E-state index in [2.05, 4.69) is 10.8 Å². The molecule has 0 aromatic heterocycles. The third-order valence-corrected chi connectivity index (χ3v) is 6.80. The Balaban J connectivity index is 2.37. The van der Waals surface area contributed by atoms with Gasteiger partial charge in [0.2, 0.25) is 0 Å². The molecule has 140 valence electrons. The van der Waals surface area contributed by atoms with Crippen molar-refractivity contribution in [3.05, 3.63) is 72.8 Å². The lowest BCUT2D eigenvalue weighted by Gasteiger charge is -2.20. The van der Waals surface area contributed by atoms with Crippen LogP contribution in [0, 0.1) is 11.6 Å². The number of rotatable bonds is 9. The van der Waals surface area contributed by atoms with Crippen LogP contribution in [0.3, 0.4) is 0 Å². The lowest BCUT2D eigenvalue weighted by Crippen LogP contribution is -2.17. The van der Waals surface area contributed by atoms with Crippen LogP contribution in [-0.4, -0.2) is 20.5 Å². The predicted molar refractivity (Wildman–Crippen MR) is 91.6 cm³/mol. The summed E-state index contributed by atoms with van der Waals surface area (Å²) in [6, 6.07) is 9.78. The second-order valence-corrected chi connectivity index (χ2v) is 8.89. The number of hydrogen-bond donors (Lipinski definition) is 0. The molecule has 2 rings (SSSR count). The van der Waals surface area contributed by atoms with Crippen LogP contribution in [0.5, 0.6) is 11.5 Å². The van der Waals surface area contributed by atoms with E-state index >= 15 is 0 Å².